The van der Waals surface area contributed by atoms with Gasteiger partial charge in [-0.3, -0.25) is 0 Å². The zero-order valence-electron chi connectivity index (χ0n) is 13.5. The van der Waals surface area contributed by atoms with Crippen molar-refractivity contribution in [2.75, 3.05) is 6.61 Å². The van der Waals surface area contributed by atoms with E-state index in [0.717, 1.165) is 0 Å². The van der Waals surface area contributed by atoms with Crippen molar-refractivity contribution >= 4 is 20.5 Å². The standard InChI is InChI=1S/C13H26N2O4Si/c1-8-18-12(16)14-15-13(17)19-20(9(2)3,10(4)5)11(6)7/h9-11H,8H2,1-7H3. The number of rotatable bonds is 5. The molecule has 0 aromatic carbocycles. The van der Waals surface area contributed by atoms with Gasteiger partial charge in [-0.1, -0.05) is 51.8 Å². The van der Waals surface area contributed by atoms with Crippen LogP contribution in [0.3, 0.4) is 0 Å². The van der Waals surface area contributed by atoms with Gasteiger partial charge >= 0.3 is 12.2 Å². The summed E-state index contributed by atoms with van der Waals surface area (Å²) in [6.07, 6.45) is -1.68. The van der Waals surface area contributed by atoms with Gasteiger partial charge < -0.3 is 9.16 Å². The molecule has 2 amide bonds. The molecule has 0 aromatic rings. The highest BCUT2D eigenvalue weighted by Gasteiger charge is 2.48. The third-order valence-electron chi connectivity index (χ3n) is 3.45. The van der Waals surface area contributed by atoms with Crippen LogP contribution in [0.5, 0.6) is 0 Å². The Morgan fingerprint density at radius 1 is 0.900 bits per heavy atom. The average molecular weight is 302 g/mol. The van der Waals surface area contributed by atoms with Crippen molar-refractivity contribution in [3.05, 3.63) is 0 Å². The second-order valence-corrected chi connectivity index (χ2v) is 11.0. The monoisotopic (exact) mass is 302 g/mol. The number of hydrogen-bond acceptors (Lipinski definition) is 4. The second kappa shape index (κ2) is 8.14. The molecule has 0 radical (unpaired) electrons. The van der Waals surface area contributed by atoms with Gasteiger partial charge in [0.1, 0.15) is 0 Å². The maximum atomic E-state index is 11.8. The largest absolute Gasteiger partial charge is 0.500 e. The molecule has 0 aliphatic rings. The van der Waals surface area contributed by atoms with Crippen LogP contribution in [-0.4, -0.2) is 27.1 Å². The van der Waals surface area contributed by atoms with Crippen LogP contribution in [0.4, 0.5) is 9.59 Å². The summed E-state index contributed by atoms with van der Waals surface area (Å²) in [6, 6.07) is 0. The van der Waals surface area contributed by atoms with Crippen molar-refractivity contribution < 1.29 is 18.8 Å². The Kier molecular flexibility index (Phi) is 7.63. The predicted molar refractivity (Wildman–Crippen MR) is 79.4 cm³/mol. The van der Waals surface area contributed by atoms with Crippen LogP contribution in [0.1, 0.15) is 48.5 Å². The summed E-state index contributed by atoms with van der Waals surface area (Å²) in [6.45, 7) is 14.2. The van der Waals surface area contributed by atoms with E-state index in [1.807, 2.05) is 0 Å². The lowest BCUT2D eigenvalue weighted by Crippen LogP contribution is -2.48. The summed E-state index contributed by atoms with van der Waals surface area (Å²) in [5.41, 5.74) is 0.762. The minimum absolute atomic E-state index is 0.190. The lowest BCUT2D eigenvalue weighted by atomic mass is 10.5. The van der Waals surface area contributed by atoms with Crippen molar-refractivity contribution in [2.45, 2.75) is 65.1 Å². The van der Waals surface area contributed by atoms with Gasteiger partial charge in [0, 0.05) is 0 Å². The van der Waals surface area contributed by atoms with Crippen LogP contribution in [0.15, 0.2) is 10.2 Å². The molecule has 0 rings (SSSR count). The number of hydrogen-bond donors (Lipinski definition) is 0. The van der Waals surface area contributed by atoms with E-state index in [9.17, 15) is 9.59 Å². The number of amides is 2. The van der Waals surface area contributed by atoms with Crippen LogP contribution in [0.25, 0.3) is 0 Å². The zero-order chi connectivity index (χ0) is 15.9. The molecule has 0 saturated carbocycles. The van der Waals surface area contributed by atoms with E-state index >= 15 is 0 Å². The van der Waals surface area contributed by atoms with Crippen molar-refractivity contribution in [3.63, 3.8) is 0 Å². The van der Waals surface area contributed by atoms with Crippen molar-refractivity contribution in [1.29, 1.82) is 0 Å². The van der Waals surface area contributed by atoms with E-state index in [-0.39, 0.29) is 23.2 Å². The molecule has 0 spiro atoms. The van der Waals surface area contributed by atoms with Gasteiger partial charge in [0.05, 0.1) is 6.61 Å². The molecule has 0 saturated heterocycles. The number of carbonyl (C=O) groups is 2. The van der Waals surface area contributed by atoms with E-state index in [2.05, 4.69) is 56.5 Å². The molecule has 20 heavy (non-hydrogen) atoms. The molecule has 0 aliphatic heterocycles. The van der Waals surface area contributed by atoms with Crippen molar-refractivity contribution in [2.24, 2.45) is 10.2 Å². The number of carbonyl (C=O) groups excluding carboxylic acids is 2. The number of nitrogens with zero attached hydrogens (tertiary/aromatic N) is 2. The van der Waals surface area contributed by atoms with E-state index in [1.54, 1.807) is 6.92 Å². The van der Waals surface area contributed by atoms with Gasteiger partial charge in [-0.25, -0.2) is 9.59 Å². The summed E-state index contributed by atoms with van der Waals surface area (Å²) in [7, 11) is -2.34. The smallest absolute Gasteiger partial charge is 0.452 e. The normalized spacial score (nSPS) is 12.5. The molecule has 116 valence electrons. The Bertz CT molecular complexity index is 346. The lowest BCUT2D eigenvalue weighted by Gasteiger charge is -2.40. The molecular weight excluding hydrogens is 276 g/mol. The summed E-state index contributed by atoms with van der Waals surface area (Å²) >= 11 is 0. The summed E-state index contributed by atoms with van der Waals surface area (Å²) in [4.78, 5) is 22.9. The molecule has 6 nitrogen and oxygen atoms in total. The third-order valence-corrected chi connectivity index (χ3v) is 9.39. The molecule has 0 heterocycles. The van der Waals surface area contributed by atoms with Gasteiger partial charge in [0.25, 0.3) is 8.32 Å². The van der Waals surface area contributed by atoms with Crippen molar-refractivity contribution in [1.82, 2.24) is 0 Å². The molecule has 0 fully saturated rings. The SMILES string of the molecule is CCOC(=O)N=NC(=O)O[Si](C(C)C)(C(C)C)C(C)C. The lowest BCUT2D eigenvalue weighted by molar-refractivity contribution is 0.160. The first-order chi connectivity index (χ1) is 9.18. The molecule has 0 N–H and O–H groups in total. The van der Waals surface area contributed by atoms with Crippen LogP contribution in [0.2, 0.25) is 16.6 Å². The Labute approximate surface area is 122 Å². The highest BCUT2D eigenvalue weighted by Crippen LogP contribution is 2.42. The van der Waals surface area contributed by atoms with Crippen LogP contribution in [0, 0.1) is 0 Å². The molecule has 0 unspecified atom stereocenters. The Morgan fingerprint density at radius 3 is 1.65 bits per heavy atom. The van der Waals surface area contributed by atoms with E-state index in [4.69, 9.17) is 4.43 Å². The second-order valence-electron chi connectivity index (χ2n) is 5.58. The Balaban J connectivity index is 5.01. The van der Waals surface area contributed by atoms with Crippen molar-refractivity contribution in [3.8, 4) is 0 Å². The van der Waals surface area contributed by atoms with Gasteiger partial charge in [-0.2, -0.15) is 0 Å². The maximum absolute atomic E-state index is 11.8. The number of azo groups is 1. The van der Waals surface area contributed by atoms with Crippen LogP contribution < -0.4 is 0 Å². The summed E-state index contributed by atoms with van der Waals surface area (Å²) in [5, 5.41) is 6.49. The minimum atomic E-state index is -2.34. The summed E-state index contributed by atoms with van der Waals surface area (Å²) < 4.78 is 10.3. The molecule has 0 atom stereocenters. The fraction of sp³-hybridized carbons (Fsp3) is 0.846. The van der Waals surface area contributed by atoms with Crippen LogP contribution in [-0.2, 0) is 9.16 Å². The van der Waals surface area contributed by atoms with Crippen LogP contribution >= 0.6 is 0 Å². The highest BCUT2D eigenvalue weighted by molar-refractivity contribution is 6.78. The Hall–Kier alpha value is -1.24. The first-order valence-electron chi connectivity index (χ1n) is 6.99. The number of ether oxygens (including phenoxy) is 1. The van der Waals surface area contributed by atoms with Gasteiger partial charge in [-0.05, 0) is 23.5 Å². The highest BCUT2D eigenvalue weighted by atomic mass is 28.4. The summed E-state index contributed by atoms with van der Waals surface area (Å²) in [5.74, 6) is 0. The van der Waals surface area contributed by atoms with Gasteiger partial charge in [0.2, 0.25) is 0 Å². The Morgan fingerprint density at radius 2 is 1.30 bits per heavy atom. The fourth-order valence-corrected chi connectivity index (χ4v) is 7.81. The zero-order valence-corrected chi connectivity index (χ0v) is 14.5. The predicted octanol–water partition coefficient (Wildman–Crippen LogP) is 4.91. The molecule has 0 aromatic heterocycles. The molecule has 0 bridgehead atoms. The van der Waals surface area contributed by atoms with Gasteiger partial charge in [-0.15, -0.1) is 0 Å². The minimum Gasteiger partial charge on any atom is -0.500 e. The first kappa shape index (κ1) is 18.8. The molecular formula is C13H26N2O4Si. The quantitative estimate of drug-likeness (QED) is 0.534. The molecule has 0 aliphatic carbocycles. The fourth-order valence-electron chi connectivity index (χ4n) is 2.76. The van der Waals surface area contributed by atoms with E-state index in [0.29, 0.717) is 0 Å². The third kappa shape index (κ3) is 4.70. The maximum Gasteiger partial charge on any atom is 0.452 e. The first-order valence-corrected chi connectivity index (χ1v) is 9.13. The average Bonchev–Trinajstić information content (AvgIpc) is 2.32. The van der Waals surface area contributed by atoms with E-state index in [1.165, 1.54) is 0 Å². The van der Waals surface area contributed by atoms with Gasteiger partial charge in [0.15, 0.2) is 0 Å². The topological polar surface area (TPSA) is 77.3 Å². The molecule has 7 heteroatoms. The van der Waals surface area contributed by atoms with E-state index < -0.39 is 20.5 Å².